The first kappa shape index (κ1) is 27.0. The molecule has 1 unspecified atom stereocenters. The molecule has 7 nitrogen and oxygen atoms in total. The molecule has 1 fully saturated rings. The summed E-state index contributed by atoms with van der Waals surface area (Å²) in [6.07, 6.45) is 1.04. The predicted molar refractivity (Wildman–Crippen MR) is 135 cm³/mol. The number of carbonyl (C=O) groups excluding carboxylic acids is 2. The maximum Gasteiger partial charge on any atom is 0.305 e. The summed E-state index contributed by atoms with van der Waals surface area (Å²) in [5, 5.41) is 0.690. The number of benzene rings is 2. The van der Waals surface area contributed by atoms with Gasteiger partial charge in [-0.25, -0.2) is 0 Å². The first-order chi connectivity index (χ1) is 17.0. The van der Waals surface area contributed by atoms with Crippen LogP contribution in [0.3, 0.4) is 0 Å². The molecule has 0 aliphatic carbocycles. The molecule has 1 amide bonds. The molecule has 1 aliphatic rings. The average Bonchev–Trinajstić information content (AvgIpc) is 2.87. The number of methoxy groups -OCH3 is 1. The van der Waals surface area contributed by atoms with Gasteiger partial charge in [-0.3, -0.25) is 14.5 Å². The van der Waals surface area contributed by atoms with E-state index in [4.69, 9.17) is 25.8 Å². The molecule has 1 saturated heterocycles. The fourth-order valence-electron chi connectivity index (χ4n) is 4.08. The minimum absolute atomic E-state index is 0.0949. The maximum absolute atomic E-state index is 12.5. The molecule has 190 valence electrons. The van der Waals surface area contributed by atoms with E-state index in [0.717, 1.165) is 36.5 Å². The van der Waals surface area contributed by atoms with Crippen LogP contribution in [0.25, 0.3) is 0 Å². The van der Waals surface area contributed by atoms with Gasteiger partial charge in [0.1, 0.15) is 5.75 Å². The molecule has 3 rings (SSSR count). The monoisotopic (exact) mass is 502 g/mol. The highest BCUT2D eigenvalue weighted by Crippen LogP contribution is 2.24. The van der Waals surface area contributed by atoms with Crippen molar-refractivity contribution in [3.05, 3.63) is 64.7 Å². The van der Waals surface area contributed by atoms with Crippen molar-refractivity contribution in [2.24, 2.45) is 0 Å². The van der Waals surface area contributed by atoms with Crippen LogP contribution in [0.4, 0.5) is 0 Å². The van der Waals surface area contributed by atoms with Gasteiger partial charge in [-0.1, -0.05) is 35.9 Å². The Morgan fingerprint density at radius 1 is 1.03 bits per heavy atom. The Morgan fingerprint density at radius 3 is 2.46 bits per heavy atom. The van der Waals surface area contributed by atoms with E-state index in [1.165, 1.54) is 0 Å². The minimum Gasteiger partial charge on any atom is -0.497 e. The Labute approximate surface area is 212 Å². The fourth-order valence-corrected chi connectivity index (χ4v) is 4.21. The van der Waals surface area contributed by atoms with E-state index >= 15 is 0 Å². The number of amides is 1. The third-order valence-electron chi connectivity index (χ3n) is 6.05. The van der Waals surface area contributed by atoms with E-state index in [2.05, 4.69) is 4.90 Å². The first-order valence-corrected chi connectivity index (χ1v) is 12.5. The van der Waals surface area contributed by atoms with Gasteiger partial charge in [0, 0.05) is 50.6 Å². The van der Waals surface area contributed by atoms with Gasteiger partial charge in [0.2, 0.25) is 5.91 Å². The number of hydrogen-bond donors (Lipinski definition) is 0. The van der Waals surface area contributed by atoms with Crippen molar-refractivity contribution in [1.82, 2.24) is 9.80 Å². The van der Waals surface area contributed by atoms with E-state index < -0.39 is 0 Å². The van der Waals surface area contributed by atoms with E-state index in [-0.39, 0.29) is 24.4 Å². The summed E-state index contributed by atoms with van der Waals surface area (Å²) >= 11 is 6.10. The third-order valence-corrected chi connectivity index (χ3v) is 6.30. The zero-order valence-corrected chi connectivity index (χ0v) is 21.3. The smallest absolute Gasteiger partial charge is 0.305 e. The molecule has 1 atom stereocenters. The summed E-state index contributed by atoms with van der Waals surface area (Å²) in [6, 6.07) is 15.6. The summed E-state index contributed by atoms with van der Waals surface area (Å²) < 4.78 is 16.6. The molecule has 0 radical (unpaired) electrons. The number of rotatable bonds is 12. The normalized spacial score (nSPS) is 15.0. The fraction of sp³-hybridized carbons (Fsp3) is 0.481. The van der Waals surface area contributed by atoms with Crippen LogP contribution in [-0.2, 0) is 25.7 Å². The highest BCUT2D eigenvalue weighted by atomic mass is 35.5. The quantitative estimate of drug-likeness (QED) is 0.398. The Bertz CT molecular complexity index is 945. The number of ether oxygens (including phenoxy) is 3. The summed E-state index contributed by atoms with van der Waals surface area (Å²) in [4.78, 5) is 28.2. The molecule has 0 N–H and O–H groups in total. The predicted octanol–water partition coefficient (Wildman–Crippen LogP) is 4.48. The lowest BCUT2D eigenvalue weighted by molar-refractivity contribution is -0.143. The van der Waals surface area contributed by atoms with E-state index in [0.29, 0.717) is 44.2 Å². The zero-order chi connectivity index (χ0) is 25.0. The minimum atomic E-state index is -0.243. The van der Waals surface area contributed by atoms with Gasteiger partial charge in [0.25, 0.3) is 0 Å². The van der Waals surface area contributed by atoms with Crippen LogP contribution in [0.2, 0.25) is 5.02 Å². The molecular weight excluding hydrogens is 468 g/mol. The van der Waals surface area contributed by atoms with Gasteiger partial charge in [-0.15, -0.1) is 0 Å². The van der Waals surface area contributed by atoms with Crippen LogP contribution in [-0.4, -0.2) is 68.1 Å². The third kappa shape index (κ3) is 8.84. The second-order valence-corrected chi connectivity index (χ2v) is 8.98. The van der Waals surface area contributed by atoms with Gasteiger partial charge >= 0.3 is 5.97 Å². The van der Waals surface area contributed by atoms with Crippen molar-refractivity contribution in [2.45, 2.75) is 38.9 Å². The highest BCUT2D eigenvalue weighted by Gasteiger charge is 2.24. The van der Waals surface area contributed by atoms with Crippen molar-refractivity contribution >= 4 is 23.5 Å². The Balaban J connectivity index is 1.52. The van der Waals surface area contributed by atoms with Crippen LogP contribution < -0.4 is 4.74 Å². The average molecular weight is 503 g/mol. The van der Waals surface area contributed by atoms with Gasteiger partial charge < -0.3 is 19.1 Å². The van der Waals surface area contributed by atoms with Crippen molar-refractivity contribution in [2.75, 3.05) is 46.4 Å². The number of esters is 1. The molecule has 8 heteroatoms. The molecule has 0 aromatic heterocycles. The lowest BCUT2D eigenvalue weighted by atomic mass is 10.1. The SMILES string of the molecule is CCOC(=O)CCCC(=O)N1CCN(CC(OCc2cccc(OC)c2)c2ccc(Cl)cc2)CC1. The van der Waals surface area contributed by atoms with Gasteiger partial charge in [0.15, 0.2) is 0 Å². The zero-order valence-electron chi connectivity index (χ0n) is 20.6. The van der Waals surface area contributed by atoms with Crippen LogP contribution >= 0.6 is 11.6 Å². The van der Waals surface area contributed by atoms with Crippen molar-refractivity contribution in [3.63, 3.8) is 0 Å². The van der Waals surface area contributed by atoms with Crippen LogP contribution in [0.5, 0.6) is 5.75 Å². The summed E-state index contributed by atoms with van der Waals surface area (Å²) in [5.74, 6) is 0.655. The second kappa shape index (κ2) is 14.1. The molecule has 1 aliphatic heterocycles. The summed E-state index contributed by atoms with van der Waals surface area (Å²) in [5.41, 5.74) is 2.11. The Morgan fingerprint density at radius 2 is 1.77 bits per heavy atom. The molecule has 2 aromatic rings. The molecule has 0 bridgehead atoms. The second-order valence-electron chi connectivity index (χ2n) is 8.54. The largest absolute Gasteiger partial charge is 0.497 e. The summed E-state index contributed by atoms with van der Waals surface area (Å²) in [6.45, 7) is 6.22. The number of hydrogen-bond acceptors (Lipinski definition) is 6. The lowest BCUT2D eigenvalue weighted by Gasteiger charge is -2.36. The van der Waals surface area contributed by atoms with Gasteiger partial charge in [-0.2, -0.15) is 0 Å². The highest BCUT2D eigenvalue weighted by molar-refractivity contribution is 6.30. The maximum atomic E-state index is 12.5. The van der Waals surface area contributed by atoms with Gasteiger partial charge in [-0.05, 0) is 48.7 Å². The first-order valence-electron chi connectivity index (χ1n) is 12.1. The van der Waals surface area contributed by atoms with Gasteiger partial charge in [0.05, 0.1) is 26.4 Å². The van der Waals surface area contributed by atoms with Crippen LogP contribution in [0.15, 0.2) is 48.5 Å². The van der Waals surface area contributed by atoms with Crippen LogP contribution in [0, 0.1) is 0 Å². The van der Waals surface area contributed by atoms with Crippen molar-refractivity contribution < 1.29 is 23.8 Å². The number of carbonyl (C=O) groups is 2. The van der Waals surface area contributed by atoms with E-state index in [9.17, 15) is 9.59 Å². The summed E-state index contributed by atoms with van der Waals surface area (Å²) in [7, 11) is 1.65. The number of nitrogens with zero attached hydrogens (tertiary/aromatic N) is 2. The Hall–Kier alpha value is -2.61. The van der Waals surface area contributed by atoms with Crippen LogP contribution in [0.1, 0.15) is 43.4 Å². The van der Waals surface area contributed by atoms with E-state index in [1.54, 1.807) is 14.0 Å². The Kier molecular flexibility index (Phi) is 10.8. The van der Waals surface area contributed by atoms with Crippen molar-refractivity contribution in [1.29, 1.82) is 0 Å². The molecule has 0 spiro atoms. The molecule has 2 aromatic carbocycles. The number of piperazine rings is 1. The van der Waals surface area contributed by atoms with Crippen molar-refractivity contribution in [3.8, 4) is 5.75 Å². The topological polar surface area (TPSA) is 68.3 Å². The lowest BCUT2D eigenvalue weighted by Crippen LogP contribution is -2.49. The number of halogens is 1. The van der Waals surface area contributed by atoms with E-state index in [1.807, 2.05) is 53.4 Å². The standard InChI is InChI=1S/C27H35ClN2O5/c1-3-34-27(32)9-5-8-26(31)30-16-14-29(15-17-30)19-25(22-10-12-23(28)13-11-22)35-20-21-6-4-7-24(18-21)33-2/h4,6-7,10-13,18,25H,3,5,8-9,14-17,19-20H2,1-2H3. The molecule has 1 heterocycles. The molecule has 35 heavy (non-hydrogen) atoms. The molecule has 0 saturated carbocycles. The molecular formula is C27H35ClN2O5.